The summed E-state index contributed by atoms with van der Waals surface area (Å²) in [7, 11) is 0. The van der Waals surface area contributed by atoms with Gasteiger partial charge in [0.1, 0.15) is 17.4 Å². The number of hydrogen-bond donors (Lipinski definition) is 2. The predicted octanol–water partition coefficient (Wildman–Crippen LogP) is 2.92. The number of nitrogens with one attached hydrogen (secondary N) is 1. The number of rotatable bonds is 2. The van der Waals surface area contributed by atoms with Crippen LogP contribution in [-0.4, -0.2) is 11.0 Å². The summed E-state index contributed by atoms with van der Waals surface area (Å²) in [6.45, 7) is 0. The SMILES string of the molecule is O=C(Nc1ccc(F)cc1)c1cc(F)ccc1O. The highest BCUT2D eigenvalue weighted by molar-refractivity contribution is 6.06. The van der Waals surface area contributed by atoms with Crippen molar-refractivity contribution in [3.63, 3.8) is 0 Å². The number of halogens is 2. The second-order valence-corrected chi connectivity index (χ2v) is 3.62. The van der Waals surface area contributed by atoms with E-state index >= 15 is 0 Å². The van der Waals surface area contributed by atoms with Crippen molar-refractivity contribution in [1.29, 1.82) is 0 Å². The second kappa shape index (κ2) is 4.83. The van der Waals surface area contributed by atoms with Gasteiger partial charge in [0.15, 0.2) is 0 Å². The van der Waals surface area contributed by atoms with Gasteiger partial charge in [-0.1, -0.05) is 0 Å². The van der Waals surface area contributed by atoms with Gasteiger partial charge in [0.05, 0.1) is 5.56 Å². The Morgan fingerprint density at radius 3 is 2.28 bits per heavy atom. The van der Waals surface area contributed by atoms with E-state index in [1.807, 2.05) is 0 Å². The van der Waals surface area contributed by atoms with Crippen molar-refractivity contribution in [2.24, 2.45) is 0 Å². The molecule has 0 aliphatic heterocycles. The van der Waals surface area contributed by atoms with Crippen LogP contribution in [0.5, 0.6) is 5.75 Å². The van der Waals surface area contributed by atoms with Crippen molar-refractivity contribution >= 4 is 11.6 Å². The van der Waals surface area contributed by atoms with Gasteiger partial charge in [0, 0.05) is 5.69 Å². The summed E-state index contributed by atoms with van der Waals surface area (Å²) in [5, 5.41) is 11.9. The first kappa shape index (κ1) is 12.0. The smallest absolute Gasteiger partial charge is 0.259 e. The molecule has 0 heterocycles. The summed E-state index contributed by atoms with van der Waals surface area (Å²) in [4.78, 5) is 11.7. The van der Waals surface area contributed by atoms with E-state index in [1.165, 1.54) is 24.3 Å². The highest BCUT2D eigenvalue weighted by atomic mass is 19.1. The minimum absolute atomic E-state index is 0.181. The van der Waals surface area contributed by atoms with Crippen molar-refractivity contribution in [2.45, 2.75) is 0 Å². The number of hydrogen-bond acceptors (Lipinski definition) is 2. The molecule has 0 saturated carbocycles. The first-order valence-corrected chi connectivity index (χ1v) is 5.12. The Kier molecular flexibility index (Phi) is 3.23. The number of aromatic hydroxyl groups is 1. The molecule has 2 aromatic rings. The number of phenolic OH excluding ortho intramolecular Hbond substituents is 1. The van der Waals surface area contributed by atoms with Gasteiger partial charge >= 0.3 is 0 Å². The zero-order valence-electron chi connectivity index (χ0n) is 9.15. The summed E-state index contributed by atoms with van der Waals surface area (Å²) < 4.78 is 25.6. The highest BCUT2D eigenvalue weighted by Gasteiger charge is 2.12. The van der Waals surface area contributed by atoms with E-state index in [9.17, 15) is 18.7 Å². The molecule has 5 heteroatoms. The molecule has 0 saturated heterocycles. The monoisotopic (exact) mass is 249 g/mol. The van der Waals surface area contributed by atoms with Crippen LogP contribution in [-0.2, 0) is 0 Å². The van der Waals surface area contributed by atoms with E-state index in [-0.39, 0.29) is 11.3 Å². The number of benzene rings is 2. The van der Waals surface area contributed by atoms with E-state index in [1.54, 1.807) is 0 Å². The van der Waals surface area contributed by atoms with Gasteiger partial charge in [0.2, 0.25) is 0 Å². The fourth-order valence-corrected chi connectivity index (χ4v) is 1.42. The zero-order valence-corrected chi connectivity index (χ0v) is 9.15. The van der Waals surface area contributed by atoms with Gasteiger partial charge in [-0.25, -0.2) is 8.78 Å². The third-order valence-electron chi connectivity index (χ3n) is 2.31. The fourth-order valence-electron chi connectivity index (χ4n) is 1.42. The molecule has 0 radical (unpaired) electrons. The molecule has 0 aromatic heterocycles. The molecule has 0 spiro atoms. The normalized spacial score (nSPS) is 10.1. The molecule has 0 fully saturated rings. The summed E-state index contributed by atoms with van der Waals surface area (Å²) in [6.07, 6.45) is 0. The Morgan fingerprint density at radius 2 is 1.61 bits per heavy atom. The van der Waals surface area contributed by atoms with Crippen LogP contribution in [0.1, 0.15) is 10.4 Å². The van der Waals surface area contributed by atoms with Gasteiger partial charge in [-0.3, -0.25) is 4.79 Å². The molecule has 1 amide bonds. The third kappa shape index (κ3) is 2.63. The van der Waals surface area contributed by atoms with Gasteiger partial charge < -0.3 is 10.4 Å². The van der Waals surface area contributed by atoms with Crippen molar-refractivity contribution in [2.75, 3.05) is 5.32 Å². The van der Waals surface area contributed by atoms with Crippen LogP contribution in [0.2, 0.25) is 0 Å². The Hall–Kier alpha value is -2.43. The summed E-state index contributed by atoms with van der Waals surface area (Å²) >= 11 is 0. The summed E-state index contributed by atoms with van der Waals surface area (Å²) in [6, 6.07) is 8.16. The van der Waals surface area contributed by atoms with Crippen LogP contribution in [0.4, 0.5) is 14.5 Å². The van der Waals surface area contributed by atoms with Gasteiger partial charge in [0.25, 0.3) is 5.91 Å². The first-order valence-electron chi connectivity index (χ1n) is 5.12. The molecule has 0 bridgehead atoms. The van der Waals surface area contributed by atoms with Crippen molar-refractivity contribution < 1.29 is 18.7 Å². The minimum atomic E-state index is -0.668. The minimum Gasteiger partial charge on any atom is -0.507 e. The quantitative estimate of drug-likeness (QED) is 0.859. The van der Waals surface area contributed by atoms with Crippen LogP contribution in [0.15, 0.2) is 42.5 Å². The summed E-state index contributed by atoms with van der Waals surface area (Å²) in [5.41, 5.74) is 0.171. The third-order valence-corrected chi connectivity index (χ3v) is 2.31. The molecule has 18 heavy (non-hydrogen) atoms. The van der Waals surface area contributed by atoms with E-state index < -0.39 is 17.5 Å². The number of anilines is 1. The lowest BCUT2D eigenvalue weighted by Crippen LogP contribution is -2.12. The van der Waals surface area contributed by atoms with E-state index in [0.717, 1.165) is 18.2 Å². The van der Waals surface area contributed by atoms with E-state index in [4.69, 9.17) is 0 Å². The molecular formula is C13H9F2NO2. The van der Waals surface area contributed by atoms with Crippen LogP contribution in [0.3, 0.4) is 0 Å². The topological polar surface area (TPSA) is 49.3 Å². The number of carbonyl (C=O) groups excluding carboxylic acids is 1. The van der Waals surface area contributed by atoms with Crippen LogP contribution >= 0.6 is 0 Å². The van der Waals surface area contributed by atoms with Crippen molar-refractivity contribution in [3.05, 3.63) is 59.7 Å². The first-order chi connectivity index (χ1) is 8.56. The maximum atomic E-state index is 13.0. The maximum absolute atomic E-state index is 13.0. The number of carbonyl (C=O) groups is 1. The Bertz CT molecular complexity index is 582. The lowest BCUT2D eigenvalue weighted by atomic mass is 10.1. The molecule has 2 aromatic carbocycles. The van der Waals surface area contributed by atoms with Gasteiger partial charge in [-0.05, 0) is 42.5 Å². The molecule has 2 N–H and O–H groups in total. The molecule has 0 atom stereocenters. The fraction of sp³-hybridized carbons (Fsp3) is 0. The molecule has 0 unspecified atom stereocenters. The van der Waals surface area contributed by atoms with Gasteiger partial charge in [-0.2, -0.15) is 0 Å². The average Bonchev–Trinajstić information content (AvgIpc) is 2.35. The lowest BCUT2D eigenvalue weighted by molar-refractivity contribution is 0.102. The Labute approximate surface area is 102 Å². The summed E-state index contributed by atoms with van der Waals surface area (Å²) in [5.74, 6) is -2.05. The maximum Gasteiger partial charge on any atom is 0.259 e. The largest absolute Gasteiger partial charge is 0.507 e. The number of amides is 1. The van der Waals surface area contributed by atoms with Gasteiger partial charge in [-0.15, -0.1) is 0 Å². The van der Waals surface area contributed by atoms with E-state index in [0.29, 0.717) is 5.69 Å². The van der Waals surface area contributed by atoms with Crippen LogP contribution < -0.4 is 5.32 Å². The van der Waals surface area contributed by atoms with Crippen LogP contribution in [0.25, 0.3) is 0 Å². The second-order valence-electron chi connectivity index (χ2n) is 3.62. The predicted molar refractivity (Wildman–Crippen MR) is 62.4 cm³/mol. The Morgan fingerprint density at radius 1 is 1.00 bits per heavy atom. The molecule has 2 rings (SSSR count). The molecular weight excluding hydrogens is 240 g/mol. The van der Waals surface area contributed by atoms with Crippen molar-refractivity contribution in [3.8, 4) is 5.75 Å². The standard InChI is InChI=1S/C13H9F2NO2/c14-8-1-4-10(5-2-8)16-13(18)11-7-9(15)3-6-12(11)17/h1-7,17H,(H,16,18). The molecule has 0 aliphatic carbocycles. The van der Waals surface area contributed by atoms with Crippen LogP contribution in [0, 0.1) is 11.6 Å². The molecule has 92 valence electrons. The molecule has 0 aliphatic rings. The molecule has 3 nitrogen and oxygen atoms in total. The van der Waals surface area contributed by atoms with Crippen molar-refractivity contribution in [1.82, 2.24) is 0 Å². The number of phenols is 1. The average molecular weight is 249 g/mol. The van der Waals surface area contributed by atoms with E-state index in [2.05, 4.69) is 5.32 Å². The lowest BCUT2D eigenvalue weighted by Gasteiger charge is -2.06. The zero-order chi connectivity index (χ0) is 13.1. The Balaban J connectivity index is 2.21. The highest BCUT2D eigenvalue weighted by Crippen LogP contribution is 2.19.